The van der Waals surface area contributed by atoms with E-state index in [0.717, 1.165) is 10.6 Å². The van der Waals surface area contributed by atoms with E-state index >= 15 is 0 Å². The van der Waals surface area contributed by atoms with Gasteiger partial charge in [-0.15, -0.1) is 11.3 Å². The predicted molar refractivity (Wildman–Crippen MR) is 135 cm³/mol. The maximum Gasteiger partial charge on any atom is 0.438 e. The molecule has 3 N–H and O–H groups in total. The lowest BCUT2D eigenvalue weighted by Crippen LogP contribution is -2.34. The summed E-state index contributed by atoms with van der Waals surface area (Å²) in [7, 11) is 0. The zero-order chi connectivity index (χ0) is 26.3. The molecule has 3 aromatic heterocycles. The molecule has 0 fully saturated rings. The summed E-state index contributed by atoms with van der Waals surface area (Å²) in [6.45, 7) is 1.76. The van der Waals surface area contributed by atoms with Crippen LogP contribution in [0.1, 0.15) is 39.6 Å². The van der Waals surface area contributed by atoms with Crippen LogP contribution in [0.5, 0.6) is 0 Å². The van der Waals surface area contributed by atoms with Gasteiger partial charge in [-0.1, -0.05) is 23.7 Å². The van der Waals surface area contributed by atoms with Crippen LogP contribution in [-0.2, 0) is 6.42 Å². The van der Waals surface area contributed by atoms with E-state index in [0.29, 0.717) is 21.2 Å². The van der Waals surface area contributed by atoms with E-state index < -0.39 is 34.8 Å². The first-order valence-corrected chi connectivity index (χ1v) is 12.1. The Hall–Kier alpha value is -4.29. The van der Waals surface area contributed by atoms with Crippen molar-refractivity contribution in [2.24, 2.45) is 0 Å². The SMILES string of the molecule is CCc1cc2c(=O)n(-c3ccc(C(=O)NC(c4noc(=O)[nH]4)c4ccc(Cl)s4)cc3)c(=O)[nH]c2cc1F. The minimum Gasteiger partial charge on any atom is -0.337 e. The molecule has 2 aromatic carbocycles. The fourth-order valence-electron chi connectivity index (χ4n) is 3.89. The smallest absolute Gasteiger partial charge is 0.337 e. The number of aromatic amines is 2. The molecule has 1 amide bonds. The number of hydrogen-bond donors (Lipinski definition) is 3. The lowest BCUT2D eigenvalue weighted by atomic mass is 10.1. The minimum atomic E-state index is -0.838. The lowest BCUT2D eigenvalue weighted by Gasteiger charge is -2.14. The monoisotopic (exact) mass is 541 g/mol. The van der Waals surface area contributed by atoms with Crippen LogP contribution in [0.2, 0.25) is 4.34 Å². The van der Waals surface area contributed by atoms with E-state index in [4.69, 9.17) is 11.6 Å². The molecule has 0 aliphatic rings. The van der Waals surface area contributed by atoms with Gasteiger partial charge in [0.15, 0.2) is 5.82 Å². The fraction of sp³-hybridized carbons (Fsp3) is 0.125. The molecule has 10 nitrogen and oxygen atoms in total. The first kappa shape index (κ1) is 24.4. The van der Waals surface area contributed by atoms with Gasteiger partial charge in [-0.3, -0.25) is 19.1 Å². The molecule has 5 rings (SSSR count). The Balaban J connectivity index is 1.47. The molecular weight excluding hydrogens is 525 g/mol. The summed E-state index contributed by atoms with van der Waals surface area (Å²) in [6.07, 6.45) is 0.380. The van der Waals surface area contributed by atoms with Crippen LogP contribution in [0.4, 0.5) is 4.39 Å². The number of nitrogens with zero attached hydrogens (tertiary/aromatic N) is 2. The van der Waals surface area contributed by atoms with Gasteiger partial charge < -0.3 is 10.3 Å². The molecule has 188 valence electrons. The summed E-state index contributed by atoms with van der Waals surface area (Å²) in [5.74, 6) is -1.71. The van der Waals surface area contributed by atoms with Crippen molar-refractivity contribution in [3.8, 4) is 5.69 Å². The van der Waals surface area contributed by atoms with Crippen LogP contribution in [0.25, 0.3) is 16.6 Å². The number of carbonyl (C=O) groups excluding carboxylic acids is 1. The van der Waals surface area contributed by atoms with E-state index in [9.17, 15) is 23.6 Å². The van der Waals surface area contributed by atoms with Crippen LogP contribution < -0.4 is 22.3 Å². The zero-order valence-electron chi connectivity index (χ0n) is 19.0. The van der Waals surface area contributed by atoms with Crippen molar-refractivity contribution >= 4 is 39.7 Å². The van der Waals surface area contributed by atoms with E-state index in [2.05, 4.69) is 25.0 Å². The first-order valence-electron chi connectivity index (χ1n) is 10.9. The second-order valence-corrected chi connectivity index (χ2v) is 9.74. The molecular formula is C24H17ClFN5O5S. The maximum absolute atomic E-state index is 14.1. The van der Waals surface area contributed by atoms with Crippen molar-refractivity contribution in [3.63, 3.8) is 0 Å². The summed E-state index contributed by atoms with van der Waals surface area (Å²) in [4.78, 5) is 55.8. The number of aryl methyl sites for hydroxylation is 1. The Morgan fingerprint density at radius 1 is 1.16 bits per heavy atom. The van der Waals surface area contributed by atoms with Gasteiger partial charge in [0, 0.05) is 10.4 Å². The molecule has 37 heavy (non-hydrogen) atoms. The van der Waals surface area contributed by atoms with Crippen molar-refractivity contribution in [2.75, 3.05) is 0 Å². The second kappa shape index (κ2) is 9.64. The topological polar surface area (TPSA) is 143 Å². The molecule has 0 radical (unpaired) electrons. The summed E-state index contributed by atoms with van der Waals surface area (Å²) >= 11 is 7.22. The van der Waals surface area contributed by atoms with E-state index in [1.165, 1.54) is 41.7 Å². The van der Waals surface area contributed by atoms with Crippen molar-refractivity contribution in [3.05, 3.63) is 112 Å². The number of rotatable bonds is 6. The Labute approximate surface area is 215 Å². The molecule has 0 aliphatic carbocycles. The molecule has 0 saturated heterocycles. The highest BCUT2D eigenvalue weighted by Gasteiger charge is 2.24. The number of thiophene rings is 1. The zero-order valence-corrected chi connectivity index (χ0v) is 20.6. The van der Waals surface area contributed by atoms with Crippen LogP contribution in [0.15, 0.2) is 67.4 Å². The second-order valence-electron chi connectivity index (χ2n) is 7.99. The van der Waals surface area contributed by atoms with Crippen LogP contribution in [0.3, 0.4) is 0 Å². The lowest BCUT2D eigenvalue weighted by molar-refractivity contribution is 0.0941. The van der Waals surface area contributed by atoms with Crippen LogP contribution in [-0.4, -0.2) is 25.6 Å². The molecule has 0 saturated carbocycles. The van der Waals surface area contributed by atoms with Crippen LogP contribution in [0, 0.1) is 5.82 Å². The number of amides is 1. The number of nitrogens with one attached hydrogen (secondary N) is 3. The third-order valence-electron chi connectivity index (χ3n) is 5.72. The van der Waals surface area contributed by atoms with E-state index in [-0.39, 0.29) is 28.0 Å². The van der Waals surface area contributed by atoms with Gasteiger partial charge in [-0.25, -0.2) is 18.5 Å². The number of hydrogen-bond acceptors (Lipinski definition) is 7. The molecule has 3 heterocycles. The molecule has 0 bridgehead atoms. The highest BCUT2D eigenvalue weighted by Crippen LogP contribution is 2.29. The maximum atomic E-state index is 14.1. The third-order valence-corrected chi connectivity index (χ3v) is 7.01. The standard InChI is InChI=1S/C24H17ClFN5O5S/c1-2-11-9-14-16(10-15(11)26)27-23(34)31(22(14)33)13-5-3-12(4-6-13)21(32)28-19(17-7-8-18(25)37-17)20-29-24(35)36-30-20/h3-10,19H,2H2,1H3,(H,27,34)(H,28,32)(H,29,30,35). The van der Waals surface area contributed by atoms with Crippen molar-refractivity contribution in [2.45, 2.75) is 19.4 Å². The highest BCUT2D eigenvalue weighted by molar-refractivity contribution is 7.16. The fourth-order valence-corrected chi connectivity index (χ4v) is 5.00. The average Bonchev–Trinajstić information content (AvgIpc) is 3.50. The molecule has 0 aliphatic heterocycles. The van der Waals surface area contributed by atoms with Crippen molar-refractivity contribution in [1.82, 2.24) is 25.0 Å². The quantitative estimate of drug-likeness (QED) is 0.301. The molecule has 5 aromatic rings. The number of benzene rings is 2. The Morgan fingerprint density at radius 3 is 2.54 bits per heavy atom. The van der Waals surface area contributed by atoms with Gasteiger partial charge in [0.2, 0.25) is 0 Å². The van der Waals surface area contributed by atoms with Crippen molar-refractivity contribution < 1.29 is 13.7 Å². The van der Waals surface area contributed by atoms with E-state index in [1.54, 1.807) is 19.1 Å². The van der Waals surface area contributed by atoms with Gasteiger partial charge in [0.1, 0.15) is 11.9 Å². The normalized spacial score (nSPS) is 12.1. The summed E-state index contributed by atoms with van der Waals surface area (Å²) in [6, 6.07) is 10.8. The summed E-state index contributed by atoms with van der Waals surface area (Å²) < 4.78 is 20.1. The van der Waals surface area contributed by atoms with Gasteiger partial charge in [-0.2, -0.15) is 0 Å². The largest absolute Gasteiger partial charge is 0.438 e. The first-order chi connectivity index (χ1) is 17.7. The van der Waals surface area contributed by atoms with Gasteiger partial charge in [-0.05, 0) is 60.5 Å². The third kappa shape index (κ3) is 4.63. The average molecular weight is 542 g/mol. The Morgan fingerprint density at radius 2 is 1.92 bits per heavy atom. The Kier molecular flexibility index (Phi) is 6.36. The number of halogens is 2. The molecule has 1 unspecified atom stereocenters. The van der Waals surface area contributed by atoms with E-state index in [1.807, 2.05) is 0 Å². The summed E-state index contributed by atoms with van der Waals surface area (Å²) in [5.41, 5.74) is -0.483. The van der Waals surface area contributed by atoms with Gasteiger partial charge in [0.25, 0.3) is 11.5 Å². The highest BCUT2D eigenvalue weighted by atomic mass is 35.5. The Bertz CT molecular complexity index is 1820. The number of aromatic nitrogens is 4. The number of carbonyl (C=O) groups is 1. The summed E-state index contributed by atoms with van der Waals surface area (Å²) in [5, 5.41) is 6.60. The van der Waals surface area contributed by atoms with Gasteiger partial charge >= 0.3 is 11.4 Å². The predicted octanol–water partition coefficient (Wildman–Crippen LogP) is 3.29. The minimum absolute atomic E-state index is 0.0885. The number of fused-ring (bicyclic) bond motifs is 1. The number of H-pyrrole nitrogens is 2. The molecule has 0 spiro atoms. The molecule has 13 heteroatoms. The van der Waals surface area contributed by atoms with Gasteiger partial charge in [0.05, 0.1) is 20.9 Å². The van der Waals surface area contributed by atoms with Crippen LogP contribution >= 0.6 is 22.9 Å². The molecule has 1 atom stereocenters. The van der Waals surface area contributed by atoms with Crippen molar-refractivity contribution in [1.29, 1.82) is 0 Å².